The molecule has 0 saturated heterocycles. The average molecular weight is 443 g/mol. The van der Waals surface area contributed by atoms with Gasteiger partial charge in [0, 0.05) is 13.1 Å². The molecule has 0 aliphatic carbocycles. The first-order valence-electron chi connectivity index (χ1n) is 9.97. The zero-order chi connectivity index (χ0) is 21.8. The summed E-state index contributed by atoms with van der Waals surface area (Å²) in [5.41, 5.74) is 1.32. The van der Waals surface area contributed by atoms with Gasteiger partial charge in [-0.25, -0.2) is 4.39 Å². The number of rotatable bonds is 8. The molecule has 0 fully saturated rings. The number of nitrogens with zero attached hydrogens (tertiary/aromatic N) is 3. The lowest BCUT2D eigenvalue weighted by atomic mass is 10.2. The third-order valence-corrected chi connectivity index (χ3v) is 5.61. The molecule has 1 aromatic heterocycles. The first-order chi connectivity index (χ1) is 15.0. The van der Waals surface area contributed by atoms with Crippen LogP contribution in [0, 0.1) is 11.7 Å². The van der Waals surface area contributed by atoms with Crippen LogP contribution in [-0.4, -0.2) is 33.2 Å². The number of ether oxygens (including phenoxy) is 2. The van der Waals surface area contributed by atoms with Crippen molar-refractivity contribution in [1.29, 1.82) is 0 Å². The standard InChI is InChI=1S/C22H23FN4O3S/c1-14(2)11-27-21(16-5-3-4-6-17(16)23)25-26-22(27)31-12-20(28)24-10-15-7-8-18-19(9-15)30-13-29-18/h3-9,14H,10-13H2,1-2H3,(H,24,28). The summed E-state index contributed by atoms with van der Waals surface area (Å²) in [6.45, 7) is 5.36. The predicted octanol–water partition coefficient (Wildman–Crippen LogP) is 3.88. The molecule has 0 spiro atoms. The molecule has 0 bridgehead atoms. The van der Waals surface area contributed by atoms with E-state index in [2.05, 4.69) is 29.4 Å². The highest BCUT2D eigenvalue weighted by molar-refractivity contribution is 7.99. The fraction of sp³-hybridized carbons (Fsp3) is 0.318. The zero-order valence-corrected chi connectivity index (χ0v) is 18.1. The van der Waals surface area contributed by atoms with Gasteiger partial charge in [0.15, 0.2) is 22.5 Å². The number of nitrogens with one attached hydrogen (secondary N) is 1. The lowest BCUT2D eigenvalue weighted by Gasteiger charge is -2.13. The van der Waals surface area contributed by atoms with Crippen LogP contribution in [0.4, 0.5) is 4.39 Å². The lowest BCUT2D eigenvalue weighted by Crippen LogP contribution is -2.24. The van der Waals surface area contributed by atoms with E-state index in [9.17, 15) is 9.18 Å². The van der Waals surface area contributed by atoms with Crippen LogP contribution in [0.2, 0.25) is 0 Å². The molecule has 1 amide bonds. The molecule has 3 aromatic rings. The fourth-order valence-corrected chi connectivity index (χ4v) is 3.98. The molecule has 2 aromatic carbocycles. The number of hydrogen-bond donors (Lipinski definition) is 1. The summed E-state index contributed by atoms with van der Waals surface area (Å²) in [7, 11) is 0. The Bertz CT molecular complexity index is 1090. The molecule has 0 atom stereocenters. The molecule has 2 heterocycles. The van der Waals surface area contributed by atoms with E-state index < -0.39 is 0 Å². The number of carbonyl (C=O) groups is 1. The van der Waals surface area contributed by atoms with Crippen LogP contribution in [0.1, 0.15) is 19.4 Å². The number of hydrogen-bond acceptors (Lipinski definition) is 6. The van der Waals surface area contributed by atoms with Crippen molar-refractivity contribution >= 4 is 17.7 Å². The van der Waals surface area contributed by atoms with Gasteiger partial charge in [-0.15, -0.1) is 10.2 Å². The molecule has 0 saturated carbocycles. The fourth-order valence-electron chi connectivity index (χ4n) is 3.20. The van der Waals surface area contributed by atoms with Gasteiger partial charge in [0.25, 0.3) is 0 Å². The van der Waals surface area contributed by atoms with E-state index in [1.54, 1.807) is 18.2 Å². The molecule has 9 heteroatoms. The van der Waals surface area contributed by atoms with Crippen molar-refractivity contribution in [1.82, 2.24) is 20.1 Å². The van der Waals surface area contributed by atoms with Crippen LogP contribution in [0.25, 0.3) is 11.4 Å². The topological polar surface area (TPSA) is 78.3 Å². The minimum atomic E-state index is -0.349. The summed E-state index contributed by atoms with van der Waals surface area (Å²) in [6, 6.07) is 12.1. The number of thioether (sulfide) groups is 1. The Morgan fingerprint density at radius 1 is 1.19 bits per heavy atom. The minimum Gasteiger partial charge on any atom is -0.454 e. The highest BCUT2D eigenvalue weighted by Crippen LogP contribution is 2.32. The molecule has 31 heavy (non-hydrogen) atoms. The number of carbonyl (C=O) groups excluding carboxylic acids is 1. The van der Waals surface area contributed by atoms with Gasteiger partial charge < -0.3 is 19.4 Å². The second kappa shape index (κ2) is 9.38. The van der Waals surface area contributed by atoms with Gasteiger partial charge in [-0.2, -0.15) is 0 Å². The molecular formula is C22H23FN4O3S. The number of benzene rings is 2. The molecule has 1 N–H and O–H groups in total. The molecular weight excluding hydrogens is 419 g/mol. The Hall–Kier alpha value is -3.07. The van der Waals surface area contributed by atoms with Gasteiger partial charge in [0.05, 0.1) is 11.3 Å². The third-order valence-electron chi connectivity index (χ3n) is 4.64. The van der Waals surface area contributed by atoms with E-state index in [1.807, 2.05) is 22.8 Å². The Morgan fingerprint density at radius 3 is 2.81 bits per heavy atom. The van der Waals surface area contributed by atoms with Crippen LogP contribution < -0.4 is 14.8 Å². The number of fused-ring (bicyclic) bond motifs is 1. The summed E-state index contributed by atoms with van der Waals surface area (Å²) in [4.78, 5) is 12.4. The van der Waals surface area contributed by atoms with Crippen LogP contribution in [0.5, 0.6) is 11.5 Å². The highest BCUT2D eigenvalue weighted by Gasteiger charge is 2.19. The zero-order valence-electron chi connectivity index (χ0n) is 17.3. The van der Waals surface area contributed by atoms with Gasteiger partial charge >= 0.3 is 0 Å². The highest BCUT2D eigenvalue weighted by atomic mass is 32.2. The molecule has 7 nitrogen and oxygen atoms in total. The third kappa shape index (κ3) is 4.99. The normalized spacial score (nSPS) is 12.4. The largest absolute Gasteiger partial charge is 0.454 e. The van der Waals surface area contributed by atoms with Gasteiger partial charge in [0.1, 0.15) is 5.82 Å². The van der Waals surface area contributed by atoms with Crippen molar-refractivity contribution in [2.45, 2.75) is 32.1 Å². The van der Waals surface area contributed by atoms with Crippen molar-refractivity contribution in [3.63, 3.8) is 0 Å². The second-order valence-corrected chi connectivity index (χ2v) is 8.49. The first kappa shape index (κ1) is 21.2. The lowest BCUT2D eigenvalue weighted by molar-refractivity contribution is -0.118. The molecule has 1 aliphatic rings. The van der Waals surface area contributed by atoms with Gasteiger partial charge in [-0.3, -0.25) is 4.79 Å². The first-order valence-corrected chi connectivity index (χ1v) is 11.0. The Morgan fingerprint density at radius 2 is 2.00 bits per heavy atom. The average Bonchev–Trinajstić information content (AvgIpc) is 3.37. The van der Waals surface area contributed by atoms with E-state index in [4.69, 9.17) is 9.47 Å². The number of aromatic nitrogens is 3. The summed E-state index contributed by atoms with van der Waals surface area (Å²) in [6.07, 6.45) is 0. The Labute approximate surface area is 184 Å². The SMILES string of the molecule is CC(C)Cn1c(SCC(=O)NCc2ccc3c(c2)OCO3)nnc1-c1ccccc1F. The van der Waals surface area contributed by atoms with Gasteiger partial charge in [-0.1, -0.05) is 43.8 Å². The second-order valence-electron chi connectivity index (χ2n) is 7.54. The minimum absolute atomic E-state index is 0.130. The summed E-state index contributed by atoms with van der Waals surface area (Å²) in [5.74, 6) is 1.87. The molecule has 0 unspecified atom stereocenters. The van der Waals surface area contributed by atoms with Crippen molar-refractivity contribution in [2.24, 2.45) is 5.92 Å². The monoisotopic (exact) mass is 442 g/mol. The maximum absolute atomic E-state index is 14.3. The van der Waals surface area contributed by atoms with Crippen molar-refractivity contribution in [3.8, 4) is 22.9 Å². The van der Waals surface area contributed by atoms with E-state index >= 15 is 0 Å². The Kier molecular flexibility index (Phi) is 6.41. The van der Waals surface area contributed by atoms with Crippen LogP contribution in [0.3, 0.4) is 0 Å². The van der Waals surface area contributed by atoms with Crippen molar-refractivity contribution in [3.05, 3.63) is 53.8 Å². The quantitative estimate of drug-likeness (QED) is 0.534. The van der Waals surface area contributed by atoms with E-state index in [0.717, 1.165) is 5.56 Å². The molecule has 4 rings (SSSR count). The summed E-state index contributed by atoms with van der Waals surface area (Å²) >= 11 is 1.28. The van der Waals surface area contributed by atoms with Crippen LogP contribution in [0.15, 0.2) is 47.6 Å². The van der Waals surface area contributed by atoms with E-state index in [-0.39, 0.29) is 24.3 Å². The molecule has 1 aliphatic heterocycles. The Balaban J connectivity index is 1.40. The maximum Gasteiger partial charge on any atom is 0.231 e. The molecule has 162 valence electrons. The summed E-state index contributed by atoms with van der Waals surface area (Å²) in [5, 5.41) is 11.9. The van der Waals surface area contributed by atoms with E-state index in [0.29, 0.717) is 47.1 Å². The van der Waals surface area contributed by atoms with Crippen molar-refractivity contribution in [2.75, 3.05) is 12.5 Å². The predicted molar refractivity (Wildman–Crippen MR) is 115 cm³/mol. The van der Waals surface area contributed by atoms with Gasteiger partial charge in [-0.05, 0) is 35.7 Å². The summed E-state index contributed by atoms with van der Waals surface area (Å²) < 4.78 is 26.8. The van der Waals surface area contributed by atoms with Crippen molar-refractivity contribution < 1.29 is 18.7 Å². The van der Waals surface area contributed by atoms with Crippen LogP contribution >= 0.6 is 11.8 Å². The number of amides is 1. The number of halogens is 1. The smallest absolute Gasteiger partial charge is 0.231 e. The molecule has 0 radical (unpaired) electrons. The van der Waals surface area contributed by atoms with Crippen LogP contribution in [-0.2, 0) is 17.9 Å². The van der Waals surface area contributed by atoms with Gasteiger partial charge in [0.2, 0.25) is 12.7 Å². The maximum atomic E-state index is 14.3. The van der Waals surface area contributed by atoms with E-state index in [1.165, 1.54) is 17.8 Å².